The second kappa shape index (κ2) is 10.1. The molecule has 0 saturated carbocycles. The Morgan fingerprint density at radius 3 is 2.76 bits per heavy atom. The van der Waals surface area contributed by atoms with Crippen LogP contribution in [0.3, 0.4) is 0 Å². The maximum atomic E-state index is 12.8. The smallest absolute Gasteiger partial charge is 0.241 e. The van der Waals surface area contributed by atoms with E-state index in [1.54, 1.807) is 17.5 Å². The first kappa shape index (κ1) is 22.8. The number of aryl methyl sites for hydroxylation is 2. The molecule has 1 aliphatic heterocycles. The minimum absolute atomic E-state index is 0.136. The van der Waals surface area contributed by atoms with E-state index in [0.29, 0.717) is 37.1 Å². The molecule has 34 heavy (non-hydrogen) atoms. The van der Waals surface area contributed by atoms with Crippen molar-refractivity contribution in [2.24, 2.45) is 0 Å². The number of aromatic nitrogens is 4. The Hall–Kier alpha value is -2.95. The normalized spacial score (nSPS) is 14.6. The van der Waals surface area contributed by atoms with Gasteiger partial charge in [-0.2, -0.15) is 4.98 Å². The number of hydrogen-bond acceptors (Lipinski definition) is 8. The van der Waals surface area contributed by atoms with Gasteiger partial charge < -0.3 is 9.42 Å². The van der Waals surface area contributed by atoms with Crippen LogP contribution in [0.4, 0.5) is 0 Å². The largest absolute Gasteiger partial charge is 0.339 e. The summed E-state index contributed by atoms with van der Waals surface area (Å²) in [5.41, 5.74) is 3.56. The van der Waals surface area contributed by atoms with Crippen LogP contribution in [0.25, 0.3) is 16.4 Å². The van der Waals surface area contributed by atoms with Gasteiger partial charge in [0, 0.05) is 44.3 Å². The first-order valence-corrected chi connectivity index (χ1v) is 13.0. The molecule has 0 N–H and O–H groups in total. The van der Waals surface area contributed by atoms with E-state index in [0.717, 1.165) is 28.8 Å². The van der Waals surface area contributed by atoms with Crippen LogP contribution in [0.15, 0.2) is 57.8 Å². The second-order valence-corrected chi connectivity index (χ2v) is 10.2. The molecule has 0 radical (unpaired) electrons. The number of rotatable bonds is 7. The molecule has 1 saturated heterocycles. The van der Waals surface area contributed by atoms with Crippen LogP contribution < -0.4 is 0 Å². The van der Waals surface area contributed by atoms with Crippen molar-refractivity contribution < 1.29 is 9.32 Å². The van der Waals surface area contributed by atoms with Crippen LogP contribution >= 0.6 is 23.1 Å². The molecule has 0 bridgehead atoms. The molecule has 0 aliphatic carbocycles. The fourth-order valence-corrected chi connectivity index (χ4v) is 5.38. The summed E-state index contributed by atoms with van der Waals surface area (Å²) in [6.45, 7) is 7.75. The Kier molecular flexibility index (Phi) is 6.80. The van der Waals surface area contributed by atoms with Crippen LogP contribution in [0, 0.1) is 13.8 Å². The number of benzene rings is 1. The zero-order valence-corrected chi connectivity index (χ0v) is 20.8. The molecular formula is C24H26N6O2S2. The van der Waals surface area contributed by atoms with Crippen molar-refractivity contribution in [2.75, 3.05) is 31.9 Å². The lowest BCUT2D eigenvalue weighted by Gasteiger charge is -2.33. The summed E-state index contributed by atoms with van der Waals surface area (Å²) in [7, 11) is 0. The van der Waals surface area contributed by atoms with E-state index < -0.39 is 0 Å². The molecule has 0 atom stereocenters. The Balaban J connectivity index is 1.12. The van der Waals surface area contributed by atoms with Crippen molar-refractivity contribution in [3.05, 3.63) is 65.1 Å². The fourth-order valence-electron chi connectivity index (χ4n) is 3.86. The monoisotopic (exact) mass is 494 g/mol. The van der Waals surface area contributed by atoms with Gasteiger partial charge in [0.15, 0.2) is 5.16 Å². The van der Waals surface area contributed by atoms with Crippen LogP contribution in [0.1, 0.15) is 17.0 Å². The lowest BCUT2D eigenvalue weighted by Crippen LogP contribution is -2.48. The Bertz CT molecular complexity index is 1260. The quantitative estimate of drug-likeness (QED) is 0.359. The number of thioether (sulfide) groups is 1. The summed E-state index contributed by atoms with van der Waals surface area (Å²) in [6.07, 6.45) is 3.72. The number of carbonyl (C=O) groups is 1. The zero-order chi connectivity index (χ0) is 23.5. The number of carbonyl (C=O) groups excluding carboxylic acids is 1. The van der Waals surface area contributed by atoms with Gasteiger partial charge in [-0.25, -0.2) is 4.98 Å². The van der Waals surface area contributed by atoms with E-state index in [4.69, 9.17) is 4.52 Å². The first-order valence-electron chi connectivity index (χ1n) is 11.2. The predicted molar refractivity (Wildman–Crippen MR) is 133 cm³/mol. The van der Waals surface area contributed by atoms with Gasteiger partial charge in [0.2, 0.25) is 17.6 Å². The average molecular weight is 495 g/mol. The molecule has 4 aromatic rings. The van der Waals surface area contributed by atoms with Gasteiger partial charge in [0.1, 0.15) is 0 Å². The molecule has 5 rings (SSSR count). The fraction of sp³-hybridized carbons (Fsp3) is 0.333. The maximum Gasteiger partial charge on any atom is 0.241 e. The number of thiophene rings is 1. The summed E-state index contributed by atoms with van der Waals surface area (Å²) in [4.78, 5) is 27.0. The number of imidazole rings is 1. The van der Waals surface area contributed by atoms with Crippen LogP contribution in [0.5, 0.6) is 0 Å². The van der Waals surface area contributed by atoms with Crippen molar-refractivity contribution in [2.45, 2.75) is 25.5 Å². The summed E-state index contributed by atoms with van der Waals surface area (Å²) >= 11 is 3.07. The summed E-state index contributed by atoms with van der Waals surface area (Å²) in [5, 5.41) is 6.90. The topological polar surface area (TPSA) is 80.3 Å². The molecule has 1 aromatic carbocycles. The highest BCUT2D eigenvalue weighted by Gasteiger charge is 2.23. The van der Waals surface area contributed by atoms with Gasteiger partial charge in [-0.15, -0.1) is 11.3 Å². The van der Waals surface area contributed by atoms with Crippen molar-refractivity contribution in [1.29, 1.82) is 0 Å². The Morgan fingerprint density at radius 1 is 1.15 bits per heavy atom. The summed E-state index contributed by atoms with van der Waals surface area (Å²) in [6, 6.07) is 10.3. The summed E-state index contributed by atoms with van der Waals surface area (Å²) < 4.78 is 7.46. The molecule has 1 fully saturated rings. The van der Waals surface area contributed by atoms with Gasteiger partial charge in [0.05, 0.1) is 17.2 Å². The van der Waals surface area contributed by atoms with Gasteiger partial charge >= 0.3 is 0 Å². The molecule has 176 valence electrons. The van der Waals surface area contributed by atoms with Gasteiger partial charge in [-0.1, -0.05) is 29.1 Å². The number of nitrogens with zero attached hydrogens (tertiary/aromatic N) is 6. The highest BCUT2D eigenvalue weighted by molar-refractivity contribution is 7.99. The van der Waals surface area contributed by atoms with E-state index in [1.807, 2.05) is 33.2 Å². The number of piperazine rings is 1. The third kappa shape index (κ3) is 5.08. The zero-order valence-electron chi connectivity index (χ0n) is 19.2. The minimum atomic E-state index is 0.136. The highest BCUT2D eigenvalue weighted by atomic mass is 32.2. The first-order chi connectivity index (χ1) is 16.6. The third-order valence-electron chi connectivity index (χ3n) is 5.99. The molecule has 1 amide bonds. The minimum Gasteiger partial charge on any atom is -0.339 e. The van der Waals surface area contributed by atoms with Crippen molar-refractivity contribution in [1.82, 2.24) is 29.5 Å². The average Bonchev–Trinajstić information content (AvgIpc) is 3.61. The third-order valence-corrected chi connectivity index (χ3v) is 7.81. The van der Waals surface area contributed by atoms with Crippen molar-refractivity contribution >= 4 is 29.0 Å². The van der Waals surface area contributed by atoms with E-state index in [-0.39, 0.29) is 5.91 Å². The molecule has 1 aliphatic rings. The van der Waals surface area contributed by atoms with Gasteiger partial charge in [-0.05, 0) is 48.6 Å². The van der Waals surface area contributed by atoms with E-state index in [9.17, 15) is 4.79 Å². The lowest BCUT2D eigenvalue weighted by atomic mass is 10.1. The second-order valence-electron chi connectivity index (χ2n) is 8.28. The molecular weight excluding hydrogens is 468 g/mol. The highest BCUT2D eigenvalue weighted by Crippen LogP contribution is 2.24. The molecule has 4 heterocycles. The standard InChI is InChI=1S/C24H26N6O2S2/c1-17-5-6-19(14-18(17)2)30-8-7-25-24(30)34-16-22(31)29-11-9-28(10-12-29)15-21-26-23(27-32-21)20-4-3-13-33-20/h3-8,13-14H,9-12,15-16H2,1-2H3. The SMILES string of the molecule is Cc1ccc(-n2ccnc2SCC(=O)N2CCN(Cc3nc(-c4cccs4)no3)CC2)cc1C. The summed E-state index contributed by atoms with van der Waals surface area (Å²) in [5.74, 6) is 1.75. The van der Waals surface area contributed by atoms with Crippen LogP contribution in [-0.2, 0) is 11.3 Å². The van der Waals surface area contributed by atoms with Crippen molar-refractivity contribution in [3.8, 4) is 16.4 Å². The predicted octanol–water partition coefficient (Wildman–Crippen LogP) is 4.04. The molecule has 10 heteroatoms. The van der Waals surface area contributed by atoms with E-state index in [1.165, 1.54) is 22.9 Å². The molecule has 8 nitrogen and oxygen atoms in total. The van der Waals surface area contributed by atoms with Gasteiger partial charge in [0.25, 0.3) is 0 Å². The van der Waals surface area contributed by atoms with E-state index in [2.05, 4.69) is 52.1 Å². The molecule has 3 aromatic heterocycles. The Labute approximate surface area is 206 Å². The Morgan fingerprint density at radius 2 is 2.00 bits per heavy atom. The van der Waals surface area contributed by atoms with Crippen LogP contribution in [-0.4, -0.2) is 67.3 Å². The molecule has 0 unspecified atom stereocenters. The van der Waals surface area contributed by atoms with Crippen molar-refractivity contribution in [3.63, 3.8) is 0 Å². The lowest BCUT2D eigenvalue weighted by molar-refractivity contribution is -0.130. The van der Waals surface area contributed by atoms with Crippen LogP contribution in [0.2, 0.25) is 0 Å². The number of amides is 1. The molecule has 0 spiro atoms. The number of hydrogen-bond donors (Lipinski definition) is 0. The maximum absolute atomic E-state index is 12.8. The van der Waals surface area contributed by atoms with Gasteiger partial charge in [-0.3, -0.25) is 14.3 Å². The van der Waals surface area contributed by atoms with E-state index >= 15 is 0 Å².